The second-order valence-corrected chi connectivity index (χ2v) is 2.51. The highest BCUT2D eigenvalue weighted by atomic mass is 19.4. The minimum atomic E-state index is -4.54. The monoisotopic (exact) mass is 220 g/mol. The maximum absolute atomic E-state index is 12.3. The Hall–Kier alpha value is -0.405. The molecule has 0 amide bonds. The van der Waals surface area contributed by atoms with E-state index in [1.807, 2.05) is 0 Å². The third kappa shape index (κ3) is 8.20. The van der Waals surface area contributed by atoms with Gasteiger partial charge in [0.25, 0.3) is 0 Å². The molecule has 0 aliphatic rings. The van der Waals surface area contributed by atoms with Gasteiger partial charge in [0.2, 0.25) is 0 Å². The van der Waals surface area contributed by atoms with E-state index in [-0.39, 0.29) is 0 Å². The van der Waals surface area contributed by atoms with Crippen molar-refractivity contribution in [3.05, 3.63) is 0 Å². The first-order valence-electron chi connectivity index (χ1n) is 3.56. The predicted molar refractivity (Wildman–Crippen MR) is 31.7 cm³/mol. The largest absolute Gasteiger partial charge is 0.870 e. The average molecular weight is 220 g/mol. The highest BCUT2D eigenvalue weighted by Crippen LogP contribution is 2.27. The van der Waals surface area contributed by atoms with Crippen LogP contribution in [0.1, 0.15) is 19.3 Å². The van der Waals surface area contributed by atoms with E-state index in [9.17, 15) is 32.0 Å². The van der Waals surface area contributed by atoms with Crippen molar-refractivity contribution < 1.29 is 36.7 Å². The van der Waals surface area contributed by atoms with Crippen molar-refractivity contribution >= 4 is 7.32 Å². The van der Waals surface area contributed by atoms with Gasteiger partial charge in [0.1, 0.15) is 0 Å². The summed E-state index contributed by atoms with van der Waals surface area (Å²) in [6, 6.07) is 0. The molecule has 0 spiro atoms. The second kappa shape index (κ2) is 4.90. The number of hydrogen-bond donors (Lipinski definition) is 0. The summed E-state index contributed by atoms with van der Waals surface area (Å²) in [5.41, 5.74) is 0. The highest BCUT2D eigenvalue weighted by molar-refractivity contribution is 6.28. The summed E-state index contributed by atoms with van der Waals surface area (Å²) in [5.74, 6) is 0. The SMILES string of the molecule is [O-]B([O-])OC(F)(F)CCCC(F)(F)F. The first-order chi connectivity index (χ1) is 6.12. The van der Waals surface area contributed by atoms with Crippen molar-refractivity contribution in [2.75, 3.05) is 0 Å². The molecule has 0 rings (SSSR count). The Balaban J connectivity index is 3.76. The molecule has 84 valence electrons. The van der Waals surface area contributed by atoms with E-state index < -0.39 is 38.9 Å². The third-order valence-electron chi connectivity index (χ3n) is 1.20. The van der Waals surface area contributed by atoms with E-state index in [2.05, 4.69) is 4.65 Å². The molecule has 0 aliphatic heterocycles. The topological polar surface area (TPSA) is 55.3 Å². The lowest BCUT2D eigenvalue weighted by molar-refractivity contribution is -0.406. The fourth-order valence-corrected chi connectivity index (χ4v) is 0.694. The second-order valence-electron chi connectivity index (χ2n) is 2.51. The minimum Gasteiger partial charge on any atom is -0.870 e. The maximum atomic E-state index is 12.3. The summed E-state index contributed by atoms with van der Waals surface area (Å²) in [4.78, 5) is 0. The maximum Gasteiger partial charge on any atom is 0.389 e. The summed E-state index contributed by atoms with van der Waals surface area (Å²) >= 11 is 0. The summed E-state index contributed by atoms with van der Waals surface area (Å²) in [6.45, 7) is 0. The van der Waals surface area contributed by atoms with Gasteiger partial charge in [-0.25, -0.2) is 0 Å². The van der Waals surface area contributed by atoms with Gasteiger partial charge in [-0.1, -0.05) is 0 Å². The van der Waals surface area contributed by atoms with Gasteiger partial charge in [-0.15, -0.1) is 0 Å². The molecule has 0 atom stereocenters. The van der Waals surface area contributed by atoms with Crippen molar-refractivity contribution in [1.82, 2.24) is 0 Å². The van der Waals surface area contributed by atoms with Gasteiger partial charge >= 0.3 is 12.3 Å². The van der Waals surface area contributed by atoms with Gasteiger partial charge in [0, 0.05) is 12.8 Å². The molecule has 0 unspecified atom stereocenters. The van der Waals surface area contributed by atoms with Crippen LogP contribution < -0.4 is 10.0 Å². The van der Waals surface area contributed by atoms with E-state index in [4.69, 9.17) is 0 Å². The standard InChI is InChI=1S/C5H6BF5O3/c7-4(8,9)2-1-3-5(10,11)14-6(12)13/h1-3H2/q-2. The van der Waals surface area contributed by atoms with Crippen molar-refractivity contribution in [3.63, 3.8) is 0 Å². The molecular formula is C5H6BF5O3-2. The van der Waals surface area contributed by atoms with Crippen molar-refractivity contribution in [2.24, 2.45) is 0 Å². The van der Waals surface area contributed by atoms with Crippen molar-refractivity contribution in [3.8, 4) is 0 Å². The van der Waals surface area contributed by atoms with Crippen LogP contribution in [0.2, 0.25) is 0 Å². The van der Waals surface area contributed by atoms with E-state index in [0.717, 1.165) is 0 Å². The lowest BCUT2D eigenvalue weighted by Crippen LogP contribution is -2.51. The van der Waals surface area contributed by atoms with Gasteiger partial charge in [-0.2, -0.15) is 22.0 Å². The Bertz CT molecular complexity index is 171. The molecule has 0 aliphatic carbocycles. The van der Waals surface area contributed by atoms with Crippen molar-refractivity contribution in [2.45, 2.75) is 31.5 Å². The van der Waals surface area contributed by atoms with Gasteiger partial charge in [0.15, 0.2) is 0 Å². The smallest absolute Gasteiger partial charge is 0.389 e. The van der Waals surface area contributed by atoms with Crippen LogP contribution in [0.5, 0.6) is 0 Å². The molecule has 0 radical (unpaired) electrons. The highest BCUT2D eigenvalue weighted by Gasteiger charge is 2.32. The molecule has 0 fully saturated rings. The van der Waals surface area contributed by atoms with Crippen LogP contribution >= 0.6 is 0 Å². The Morgan fingerprint density at radius 1 is 1.00 bits per heavy atom. The first-order valence-corrected chi connectivity index (χ1v) is 3.56. The van der Waals surface area contributed by atoms with E-state index in [1.54, 1.807) is 0 Å². The molecule has 0 heterocycles. The molecule has 0 aromatic rings. The molecule has 0 aromatic heterocycles. The third-order valence-corrected chi connectivity index (χ3v) is 1.20. The Morgan fingerprint density at radius 2 is 1.50 bits per heavy atom. The summed E-state index contributed by atoms with van der Waals surface area (Å²) in [6.07, 6.45) is -12.2. The lowest BCUT2D eigenvalue weighted by Gasteiger charge is -2.31. The summed E-state index contributed by atoms with van der Waals surface area (Å²) in [7, 11) is -3.20. The van der Waals surface area contributed by atoms with Gasteiger partial charge < -0.3 is 14.7 Å². The Kier molecular flexibility index (Phi) is 4.76. The Labute approximate surface area is 76.7 Å². The molecule has 0 aromatic carbocycles. The van der Waals surface area contributed by atoms with Crippen LogP contribution in [0.3, 0.4) is 0 Å². The van der Waals surface area contributed by atoms with Crippen LogP contribution in [0, 0.1) is 0 Å². The quantitative estimate of drug-likeness (QED) is 0.485. The molecule has 0 N–H and O–H groups in total. The van der Waals surface area contributed by atoms with E-state index >= 15 is 0 Å². The van der Waals surface area contributed by atoms with Crippen LogP contribution in [0.15, 0.2) is 0 Å². The number of halogens is 5. The van der Waals surface area contributed by atoms with Gasteiger partial charge in [0.05, 0.1) is 7.32 Å². The lowest BCUT2D eigenvalue weighted by atomic mass is 10.2. The van der Waals surface area contributed by atoms with Crippen molar-refractivity contribution in [1.29, 1.82) is 0 Å². The minimum absolute atomic E-state index is 0.900. The average Bonchev–Trinajstić information content (AvgIpc) is 1.78. The summed E-state index contributed by atoms with van der Waals surface area (Å²) < 4.78 is 62.0. The van der Waals surface area contributed by atoms with Crippen LogP contribution in [0.25, 0.3) is 0 Å². The molecule has 14 heavy (non-hydrogen) atoms. The number of rotatable bonds is 5. The van der Waals surface area contributed by atoms with E-state index in [0.29, 0.717) is 0 Å². The van der Waals surface area contributed by atoms with Gasteiger partial charge in [-0.3, -0.25) is 0 Å². The number of alkyl halides is 5. The molecule has 0 saturated heterocycles. The fraction of sp³-hybridized carbons (Fsp3) is 1.00. The zero-order chi connectivity index (χ0) is 11.4. The Morgan fingerprint density at radius 3 is 1.86 bits per heavy atom. The van der Waals surface area contributed by atoms with Gasteiger partial charge in [-0.05, 0) is 6.42 Å². The van der Waals surface area contributed by atoms with E-state index in [1.165, 1.54) is 0 Å². The fourth-order valence-electron chi connectivity index (χ4n) is 0.694. The zero-order valence-electron chi connectivity index (χ0n) is 6.81. The normalized spacial score (nSPS) is 13.1. The molecule has 0 bridgehead atoms. The predicted octanol–water partition coefficient (Wildman–Crippen LogP) is 0.0339. The van der Waals surface area contributed by atoms with Crippen LogP contribution in [-0.4, -0.2) is 19.6 Å². The molecular weight excluding hydrogens is 214 g/mol. The number of hydrogen-bond acceptors (Lipinski definition) is 3. The van der Waals surface area contributed by atoms with Crippen LogP contribution in [0.4, 0.5) is 22.0 Å². The first kappa shape index (κ1) is 13.6. The molecule has 3 nitrogen and oxygen atoms in total. The zero-order valence-corrected chi connectivity index (χ0v) is 6.81. The summed E-state index contributed by atoms with van der Waals surface area (Å²) in [5, 5.41) is 19.2. The van der Waals surface area contributed by atoms with Crippen LogP contribution in [-0.2, 0) is 4.65 Å². The molecule has 9 heteroatoms. The molecule has 0 saturated carbocycles.